The molecule has 1 fully saturated rings. The van der Waals surface area contributed by atoms with E-state index in [2.05, 4.69) is 15.6 Å². The van der Waals surface area contributed by atoms with Crippen LogP contribution in [0.3, 0.4) is 0 Å². The molecule has 0 bridgehead atoms. The van der Waals surface area contributed by atoms with Crippen LogP contribution in [0.2, 0.25) is 5.02 Å². The molecule has 27 heavy (non-hydrogen) atoms. The summed E-state index contributed by atoms with van der Waals surface area (Å²) in [6.45, 7) is 1.61. The fourth-order valence-electron chi connectivity index (χ4n) is 2.55. The number of alkyl halides is 3. The number of halogens is 4. The van der Waals surface area contributed by atoms with Gasteiger partial charge in [0, 0.05) is 23.7 Å². The Kier molecular flexibility index (Phi) is 7.03. The van der Waals surface area contributed by atoms with Crippen molar-refractivity contribution in [2.24, 2.45) is 0 Å². The van der Waals surface area contributed by atoms with Gasteiger partial charge in [0.15, 0.2) is 0 Å². The van der Waals surface area contributed by atoms with Crippen LogP contribution < -0.4 is 5.32 Å². The number of phenols is 1. The van der Waals surface area contributed by atoms with Crippen LogP contribution in [-0.2, 0) is 17.8 Å². The summed E-state index contributed by atoms with van der Waals surface area (Å²) in [7, 11) is 0. The third-order valence-corrected chi connectivity index (χ3v) is 4.18. The van der Waals surface area contributed by atoms with E-state index in [1.165, 1.54) is 12.8 Å². The molecule has 0 spiro atoms. The van der Waals surface area contributed by atoms with Crippen molar-refractivity contribution in [1.29, 1.82) is 0 Å². The minimum Gasteiger partial charge on any atom is -0.508 e. The minimum atomic E-state index is -5.08. The number of carboxylic acids is 1. The maximum Gasteiger partial charge on any atom is 0.490 e. The zero-order chi connectivity index (χ0) is 20.0. The lowest BCUT2D eigenvalue weighted by Gasteiger charge is -2.06. The number of benzene rings is 1. The average molecular weight is 407 g/mol. The second-order valence-corrected chi connectivity index (χ2v) is 6.39. The van der Waals surface area contributed by atoms with Gasteiger partial charge < -0.3 is 15.5 Å². The summed E-state index contributed by atoms with van der Waals surface area (Å²) in [4.78, 5) is 8.90. The standard InChI is InChI=1S/C14H17ClN4O.C2HF3O2/c15-14-4-3-13(20)6-10(14)8-19-9-12(17-18-19)7-11-2-1-5-16-11;3-2(4,5)1(6)7/h3-4,6,9,11,16,20H,1-2,5,7-8H2;(H,6,7). The van der Waals surface area contributed by atoms with Gasteiger partial charge in [-0.2, -0.15) is 13.2 Å². The number of nitrogens with zero attached hydrogens (tertiary/aromatic N) is 3. The Bertz CT molecular complexity index is 777. The van der Waals surface area contributed by atoms with Gasteiger partial charge in [-0.3, -0.25) is 0 Å². The number of nitrogens with one attached hydrogen (secondary N) is 1. The number of rotatable bonds is 4. The van der Waals surface area contributed by atoms with Crippen molar-refractivity contribution < 1.29 is 28.2 Å². The monoisotopic (exact) mass is 406 g/mol. The quantitative estimate of drug-likeness (QED) is 0.721. The Hall–Kier alpha value is -2.33. The van der Waals surface area contributed by atoms with Gasteiger partial charge in [0.05, 0.1) is 12.2 Å². The molecule has 1 aliphatic rings. The lowest BCUT2D eigenvalue weighted by Crippen LogP contribution is -2.23. The van der Waals surface area contributed by atoms with Gasteiger partial charge in [-0.05, 0) is 43.1 Å². The van der Waals surface area contributed by atoms with Crippen LogP contribution in [0, 0.1) is 0 Å². The van der Waals surface area contributed by atoms with E-state index in [1.807, 2.05) is 6.20 Å². The second kappa shape index (κ2) is 9.05. The van der Waals surface area contributed by atoms with E-state index in [0.717, 1.165) is 24.2 Å². The van der Waals surface area contributed by atoms with Crippen LogP contribution in [0.5, 0.6) is 5.75 Å². The number of aromatic nitrogens is 3. The Morgan fingerprint density at radius 3 is 2.70 bits per heavy atom. The van der Waals surface area contributed by atoms with E-state index in [0.29, 0.717) is 17.6 Å². The summed E-state index contributed by atoms with van der Waals surface area (Å²) in [6, 6.07) is 5.43. The van der Waals surface area contributed by atoms with E-state index in [4.69, 9.17) is 21.5 Å². The van der Waals surface area contributed by atoms with E-state index in [1.54, 1.807) is 22.9 Å². The highest BCUT2D eigenvalue weighted by Gasteiger charge is 2.38. The summed E-state index contributed by atoms with van der Waals surface area (Å²) in [5, 5.41) is 29.0. The van der Waals surface area contributed by atoms with Gasteiger partial charge in [0.25, 0.3) is 0 Å². The molecule has 3 rings (SSSR count). The maximum absolute atomic E-state index is 10.6. The zero-order valence-corrected chi connectivity index (χ0v) is 14.8. The van der Waals surface area contributed by atoms with Gasteiger partial charge in [-0.15, -0.1) is 5.10 Å². The number of aliphatic carboxylic acids is 1. The molecule has 2 heterocycles. The lowest BCUT2D eigenvalue weighted by molar-refractivity contribution is -0.192. The highest BCUT2D eigenvalue weighted by Crippen LogP contribution is 2.22. The number of hydrogen-bond acceptors (Lipinski definition) is 5. The Balaban J connectivity index is 0.000000321. The van der Waals surface area contributed by atoms with Crippen LogP contribution in [0.4, 0.5) is 13.2 Å². The maximum atomic E-state index is 10.6. The summed E-state index contributed by atoms with van der Waals surface area (Å²) in [5.74, 6) is -2.55. The van der Waals surface area contributed by atoms with Crippen molar-refractivity contribution in [3.05, 3.63) is 40.7 Å². The van der Waals surface area contributed by atoms with Crippen molar-refractivity contribution in [3.8, 4) is 5.75 Å². The van der Waals surface area contributed by atoms with Crippen LogP contribution in [0.15, 0.2) is 24.4 Å². The average Bonchev–Trinajstić information content (AvgIpc) is 3.23. The molecule has 1 unspecified atom stereocenters. The minimum absolute atomic E-state index is 0.208. The molecule has 0 radical (unpaired) electrons. The third-order valence-electron chi connectivity index (χ3n) is 3.81. The summed E-state index contributed by atoms with van der Waals surface area (Å²) < 4.78 is 33.5. The van der Waals surface area contributed by atoms with Crippen molar-refractivity contribution in [2.45, 2.75) is 38.0 Å². The van der Waals surface area contributed by atoms with Crippen molar-refractivity contribution in [2.75, 3.05) is 6.54 Å². The topological polar surface area (TPSA) is 100 Å². The Morgan fingerprint density at radius 2 is 2.11 bits per heavy atom. The molecular weight excluding hydrogens is 389 g/mol. The predicted molar refractivity (Wildman–Crippen MR) is 90.7 cm³/mol. The van der Waals surface area contributed by atoms with Crippen LogP contribution >= 0.6 is 11.6 Å². The molecule has 0 saturated carbocycles. The Morgan fingerprint density at radius 1 is 1.41 bits per heavy atom. The molecule has 1 aromatic heterocycles. The summed E-state index contributed by atoms with van der Waals surface area (Å²) >= 11 is 6.11. The van der Waals surface area contributed by atoms with Crippen molar-refractivity contribution in [3.63, 3.8) is 0 Å². The van der Waals surface area contributed by atoms with Gasteiger partial charge in [-0.25, -0.2) is 9.48 Å². The van der Waals surface area contributed by atoms with Crippen LogP contribution in [0.1, 0.15) is 24.1 Å². The number of carbonyl (C=O) groups is 1. The fraction of sp³-hybridized carbons (Fsp3) is 0.438. The van der Waals surface area contributed by atoms with Crippen molar-refractivity contribution in [1.82, 2.24) is 20.3 Å². The molecule has 7 nitrogen and oxygen atoms in total. The van der Waals surface area contributed by atoms with E-state index in [9.17, 15) is 18.3 Å². The van der Waals surface area contributed by atoms with Gasteiger partial charge in [-0.1, -0.05) is 16.8 Å². The smallest absolute Gasteiger partial charge is 0.490 e. The molecule has 3 N–H and O–H groups in total. The van der Waals surface area contributed by atoms with E-state index >= 15 is 0 Å². The first kappa shape index (κ1) is 21.0. The summed E-state index contributed by atoms with van der Waals surface area (Å²) in [6.07, 6.45) is 0.205. The Labute approximate surface area is 157 Å². The second-order valence-electron chi connectivity index (χ2n) is 5.98. The highest BCUT2D eigenvalue weighted by molar-refractivity contribution is 6.31. The number of phenolic OH excluding ortho intramolecular Hbond substituents is 1. The zero-order valence-electron chi connectivity index (χ0n) is 14.1. The predicted octanol–water partition coefficient (Wildman–Crippen LogP) is 2.61. The molecule has 1 aromatic carbocycles. The molecule has 0 amide bonds. The normalized spacial score (nSPS) is 16.7. The molecule has 2 aromatic rings. The van der Waals surface area contributed by atoms with Gasteiger partial charge in [0.1, 0.15) is 5.75 Å². The van der Waals surface area contributed by atoms with Gasteiger partial charge in [0.2, 0.25) is 0 Å². The first-order chi connectivity index (χ1) is 12.6. The molecule has 11 heteroatoms. The van der Waals surface area contributed by atoms with E-state index in [-0.39, 0.29) is 5.75 Å². The summed E-state index contributed by atoms with van der Waals surface area (Å²) in [5.41, 5.74) is 1.82. The molecule has 1 aliphatic heterocycles. The molecular formula is C16H18ClF3N4O3. The molecule has 1 atom stereocenters. The van der Waals surface area contributed by atoms with Gasteiger partial charge >= 0.3 is 12.1 Å². The number of aromatic hydroxyl groups is 1. The number of carboxylic acid groups (broad SMARTS) is 1. The molecule has 0 aliphatic carbocycles. The largest absolute Gasteiger partial charge is 0.508 e. The van der Waals surface area contributed by atoms with Crippen molar-refractivity contribution >= 4 is 17.6 Å². The van der Waals surface area contributed by atoms with Crippen LogP contribution in [0.25, 0.3) is 0 Å². The highest BCUT2D eigenvalue weighted by atomic mass is 35.5. The molecule has 148 valence electrons. The first-order valence-corrected chi connectivity index (χ1v) is 8.43. The first-order valence-electron chi connectivity index (χ1n) is 8.05. The number of hydrogen-bond donors (Lipinski definition) is 3. The molecule has 1 saturated heterocycles. The fourth-order valence-corrected chi connectivity index (χ4v) is 2.73. The van der Waals surface area contributed by atoms with Crippen LogP contribution in [-0.4, -0.2) is 49.9 Å². The third kappa shape index (κ3) is 6.72. The van der Waals surface area contributed by atoms with E-state index < -0.39 is 12.1 Å². The SMILES string of the molecule is O=C(O)C(F)(F)F.Oc1ccc(Cl)c(Cn2cc(CC3CCCN3)nn2)c1. The lowest BCUT2D eigenvalue weighted by atomic mass is 10.1.